The number of carboxylic acids is 1. The van der Waals surface area contributed by atoms with Crippen LogP contribution in [-0.2, 0) is 16.6 Å². The molecule has 0 unspecified atom stereocenters. The van der Waals surface area contributed by atoms with Gasteiger partial charge in [-0.3, -0.25) is 4.98 Å². The second-order valence-corrected chi connectivity index (χ2v) is 9.99. The molecule has 168 valence electrons. The molecule has 32 heavy (non-hydrogen) atoms. The fourth-order valence-corrected chi connectivity index (χ4v) is 4.75. The van der Waals surface area contributed by atoms with Gasteiger partial charge in [-0.1, -0.05) is 11.6 Å². The zero-order valence-corrected chi connectivity index (χ0v) is 20.0. The number of carboxylic acid groups (broad SMARTS) is 1. The highest BCUT2D eigenvalue weighted by atomic mass is 127. The summed E-state index contributed by atoms with van der Waals surface area (Å²) in [5, 5.41) is 12.1. The SMILES string of the molecule is Cc1ccncc1CNS(=O)(=O)c1cc(C(=O)O)c(Nc2ccc(I)cc2Cl)c(F)c1F. The number of nitrogens with zero attached hydrogens (tertiary/aromatic N) is 1. The van der Waals surface area contributed by atoms with Crippen molar-refractivity contribution in [3.63, 3.8) is 0 Å². The molecule has 0 atom stereocenters. The van der Waals surface area contributed by atoms with Crippen molar-refractivity contribution < 1.29 is 27.1 Å². The Hall–Kier alpha value is -2.35. The number of pyridine rings is 1. The third-order valence-corrected chi connectivity index (χ3v) is 6.87. The van der Waals surface area contributed by atoms with Crippen LogP contribution in [0.15, 0.2) is 47.6 Å². The van der Waals surface area contributed by atoms with Crippen molar-refractivity contribution in [1.29, 1.82) is 0 Å². The number of hydrogen-bond acceptors (Lipinski definition) is 5. The van der Waals surface area contributed by atoms with E-state index < -0.39 is 43.8 Å². The minimum Gasteiger partial charge on any atom is -0.478 e. The summed E-state index contributed by atoms with van der Waals surface area (Å²) in [5.74, 6) is -5.06. The molecule has 0 spiro atoms. The van der Waals surface area contributed by atoms with Crippen LogP contribution in [0.2, 0.25) is 5.02 Å². The van der Waals surface area contributed by atoms with E-state index in [4.69, 9.17) is 11.6 Å². The molecule has 0 saturated heterocycles. The van der Waals surface area contributed by atoms with Crippen LogP contribution in [0.1, 0.15) is 21.5 Å². The molecule has 0 fully saturated rings. The summed E-state index contributed by atoms with van der Waals surface area (Å²) in [5.41, 5.74) is -0.165. The summed E-state index contributed by atoms with van der Waals surface area (Å²) in [6.45, 7) is 1.48. The summed E-state index contributed by atoms with van der Waals surface area (Å²) in [4.78, 5) is 14.5. The Kier molecular flexibility index (Phi) is 7.32. The third kappa shape index (κ3) is 5.17. The molecule has 12 heteroatoms. The van der Waals surface area contributed by atoms with E-state index in [0.29, 0.717) is 11.6 Å². The summed E-state index contributed by atoms with van der Waals surface area (Å²) in [7, 11) is -4.60. The van der Waals surface area contributed by atoms with Crippen molar-refractivity contribution >= 4 is 61.6 Å². The first-order chi connectivity index (χ1) is 15.0. The van der Waals surface area contributed by atoms with Crippen molar-refractivity contribution in [2.24, 2.45) is 0 Å². The van der Waals surface area contributed by atoms with E-state index in [2.05, 4.69) is 15.0 Å². The molecule has 3 N–H and O–H groups in total. The molecule has 2 aromatic carbocycles. The van der Waals surface area contributed by atoms with Gasteiger partial charge < -0.3 is 10.4 Å². The lowest BCUT2D eigenvalue weighted by Gasteiger charge is -2.16. The van der Waals surface area contributed by atoms with Gasteiger partial charge in [0.2, 0.25) is 10.0 Å². The number of aromatic nitrogens is 1. The number of carbonyl (C=O) groups is 1. The summed E-state index contributed by atoms with van der Waals surface area (Å²) in [6, 6.07) is 6.81. The van der Waals surface area contributed by atoms with Crippen molar-refractivity contribution in [2.75, 3.05) is 5.32 Å². The lowest BCUT2D eigenvalue weighted by Crippen LogP contribution is -2.26. The highest BCUT2D eigenvalue weighted by Crippen LogP contribution is 2.34. The van der Waals surface area contributed by atoms with Crippen LogP contribution in [0.3, 0.4) is 0 Å². The maximum absolute atomic E-state index is 14.9. The maximum atomic E-state index is 14.9. The van der Waals surface area contributed by atoms with Crippen LogP contribution < -0.4 is 10.0 Å². The van der Waals surface area contributed by atoms with Gasteiger partial charge in [0, 0.05) is 22.5 Å². The number of aromatic carboxylic acids is 1. The molecule has 0 aliphatic carbocycles. The lowest BCUT2D eigenvalue weighted by atomic mass is 10.1. The fraction of sp³-hybridized carbons (Fsp3) is 0.100. The quantitative estimate of drug-likeness (QED) is 0.338. The van der Waals surface area contributed by atoms with Gasteiger partial charge in [0.1, 0.15) is 4.90 Å². The van der Waals surface area contributed by atoms with Gasteiger partial charge >= 0.3 is 5.97 Å². The Morgan fingerprint density at radius 3 is 2.56 bits per heavy atom. The number of hydrogen-bond donors (Lipinski definition) is 3. The molecular weight excluding hydrogens is 579 g/mol. The Morgan fingerprint density at radius 2 is 1.94 bits per heavy atom. The maximum Gasteiger partial charge on any atom is 0.337 e. The standard InChI is InChI=1S/C20H15ClF2IN3O4S/c1-10-4-5-25-8-11(10)9-26-32(30,31)16-7-13(20(28)29)19(18(23)17(16)22)27-15-3-2-12(24)6-14(15)21/h2-8,26-27H,9H2,1H3,(H,28,29). The first-order valence-corrected chi connectivity index (χ1v) is 11.8. The minimum absolute atomic E-state index is 0.119. The second-order valence-electron chi connectivity index (χ2n) is 6.61. The Bertz CT molecular complexity index is 1320. The molecular formula is C20H15ClF2IN3O4S. The van der Waals surface area contributed by atoms with E-state index in [1.54, 1.807) is 19.1 Å². The van der Waals surface area contributed by atoms with Crippen LogP contribution in [-0.4, -0.2) is 24.5 Å². The number of anilines is 2. The van der Waals surface area contributed by atoms with E-state index in [0.717, 1.165) is 9.13 Å². The predicted molar refractivity (Wildman–Crippen MR) is 124 cm³/mol. The molecule has 0 aliphatic heterocycles. The molecule has 0 amide bonds. The number of nitrogens with one attached hydrogen (secondary N) is 2. The minimum atomic E-state index is -4.60. The van der Waals surface area contributed by atoms with Crippen molar-refractivity contribution in [3.8, 4) is 0 Å². The van der Waals surface area contributed by atoms with Gasteiger partial charge in [-0.2, -0.15) is 0 Å². The van der Waals surface area contributed by atoms with E-state index >= 15 is 0 Å². The average Bonchev–Trinajstić information content (AvgIpc) is 2.72. The molecule has 3 aromatic rings. The van der Waals surface area contributed by atoms with Crippen molar-refractivity contribution in [2.45, 2.75) is 18.4 Å². The number of sulfonamides is 1. The fourth-order valence-electron chi connectivity index (χ4n) is 2.75. The lowest BCUT2D eigenvalue weighted by molar-refractivity contribution is 0.0697. The van der Waals surface area contributed by atoms with E-state index in [-0.39, 0.29) is 17.3 Å². The van der Waals surface area contributed by atoms with Crippen LogP contribution in [0.5, 0.6) is 0 Å². The van der Waals surface area contributed by atoms with Gasteiger partial charge in [0.25, 0.3) is 0 Å². The Labute approximate surface area is 201 Å². The number of rotatable bonds is 7. The molecule has 0 bridgehead atoms. The zero-order valence-electron chi connectivity index (χ0n) is 16.3. The summed E-state index contributed by atoms with van der Waals surface area (Å²) in [6.07, 6.45) is 2.95. The Balaban J connectivity index is 2.03. The monoisotopic (exact) mass is 593 g/mol. The van der Waals surface area contributed by atoms with Crippen molar-refractivity contribution in [1.82, 2.24) is 9.71 Å². The third-order valence-electron chi connectivity index (χ3n) is 4.48. The topological polar surface area (TPSA) is 108 Å². The van der Waals surface area contributed by atoms with Gasteiger partial charge in [0.05, 0.1) is 22.0 Å². The molecule has 7 nitrogen and oxygen atoms in total. The number of halogens is 4. The first kappa shape index (κ1) is 24.3. The second kappa shape index (κ2) is 9.65. The highest BCUT2D eigenvalue weighted by molar-refractivity contribution is 14.1. The first-order valence-electron chi connectivity index (χ1n) is 8.87. The van der Waals surface area contributed by atoms with E-state index in [1.807, 2.05) is 22.6 Å². The van der Waals surface area contributed by atoms with Gasteiger partial charge in [-0.25, -0.2) is 26.7 Å². The van der Waals surface area contributed by atoms with Crippen LogP contribution in [0, 0.1) is 22.1 Å². The zero-order chi connectivity index (χ0) is 23.6. The molecule has 1 heterocycles. The summed E-state index contributed by atoms with van der Waals surface area (Å²) < 4.78 is 57.9. The van der Waals surface area contributed by atoms with Crippen molar-refractivity contribution in [3.05, 3.63) is 79.6 Å². The molecule has 0 saturated carbocycles. The largest absolute Gasteiger partial charge is 0.478 e. The normalized spacial score (nSPS) is 11.4. The van der Waals surface area contributed by atoms with E-state index in [9.17, 15) is 27.1 Å². The average molecular weight is 594 g/mol. The molecule has 3 rings (SSSR count). The number of aryl methyl sites for hydroxylation is 1. The number of benzene rings is 2. The molecule has 0 radical (unpaired) electrons. The van der Waals surface area contributed by atoms with Gasteiger partial charge in [-0.05, 0) is 71.0 Å². The molecule has 0 aliphatic rings. The highest BCUT2D eigenvalue weighted by Gasteiger charge is 2.29. The summed E-state index contributed by atoms with van der Waals surface area (Å²) >= 11 is 8.07. The van der Waals surface area contributed by atoms with Crippen LogP contribution >= 0.6 is 34.2 Å². The van der Waals surface area contributed by atoms with E-state index in [1.165, 1.54) is 24.5 Å². The van der Waals surface area contributed by atoms with Gasteiger partial charge in [-0.15, -0.1) is 0 Å². The smallest absolute Gasteiger partial charge is 0.337 e. The Morgan fingerprint density at radius 1 is 1.22 bits per heavy atom. The predicted octanol–water partition coefficient (Wildman–Crippen LogP) is 4.85. The van der Waals surface area contributed by atoms with Gasteiger partial charge in [0.15, 0.2) is 11.6 Å². The van der Waals surface area contributed by atoms with Crippen LogP contribution in [0.4, 0.5) is 20.2 Å². The van der Waals surface area contributed by atoms with Crippen LogP contribution in [0.25, 0.3) is 0 Å². The molecule has 1 aromatic heterocycles.